The van der Waals surface area contributed by atoms with Gasteiger partial charge in [-0.1, -0.05) is 6.07 Å². The number of benzene rings is 1. The minimum Gasteiger partial charge on any atom is -0.496 e. The van der Waals surface area contributed by atoms with Crippen LogP contribution in [0.3, 0.4) is 0 Å². The van der Waals surface area contributed by atoms with Crippen molar-refractivity contribution in [2.75, 3.05) is 17.7 Å². The van der Waals surface area contributed by atoms with Crippen molar-refractivity contribution < 1.29 is 14.3 Å². The van der Waals surface area contributed by atoms with Crippen LogP contribution in [0.2, 0.25) is 0 Å². The highest BCUT2D eigenvalue weighted by molar-refractivity contribution is 5.94. The summed E-state index contributed by atoms with van der Waals surface area (Å²) in [6.07, 6.45) is 4.91. The molecule has 1 aliphatic heterocycles. The van der Waals surface area contributed by atoms with Gasteiger partial charge >= 0.3 is 6.03 Å². The summed E-state index contributed by atoms with van der Waals surface area (Å²) in [7, 11) is 1.62. The van der Waals surface area contributed by atoms with E-state index in [-0.39, 0.29) is 30.4 Å². The number of anilines is 2. The van der Waals surface area contributed by atoms with Crippen LogP contribution in [0, 0.1) is 19.8 Å². The van der Waals surface area contributed by atoms with E-state index in [0.29, 0.717) is 12.2 Å². The molecule has 170 valence electrons. The molecule has 0 saturated heterocycles. The predicted molar refractivity (Wildman–Crippen MR) is 124 cm³/mol. The first-order valence-electron chi connectivity index (χ1n) is 11.1. The van der Waals surface area contributed by atoms with Crippen LogP contribution in [0.15, 0.2) is 24.4 Å². The summed E-state index contributed by atoms with van der Waals surface area (Å²) in [6, 6.07) is 5.68. The first-order chi connectivity index (χ1) is 15.4. The summed E-state index contributed by atoms with van der Waals surface area (Å²) in [5, 5.41) is 6.02. The molecule has 0 atom stereocenters. The average Bonchev–Trinajstić information content (AvgIpc) is 2.80. The van der Waals surface area contributed by atoms with Crippen LogP contribution in [0.5, 0.6) is 5.75 Å². The van der Waals surface area contributed by atoms with Gasteiger partial charge in [0.25, 0.3) is 0 Å². The molecule has 1 fully saturated rings. The summed E-state index contributed by atoms with van der Waals surface area (Å²) in [5.41, 5.74) is 11.2. The van der Waals surface area contributed by atoms with E-state index in [0.717, 1.165) is 59.5 Å². The number of carbonyl (C=O) groups is 2. The maximum atomic E-state index is 12.8. The number of urea groups is 1. The lowest BCUT2D eigenvalue weighted by Gasteiger charge is -2.40. The topological polar surface area (TPSA) is 110 Å². The van der Waals surface area contributed by atoms with Crippen molar-refractivity contribution in [2.45, 2.75) is 58.7 Å². The van der Waals surface area contributed by atoms with Gasteiger partial charge in [-0.05, 0) is 56.7 Å². The monoisotopic (exact) mass is 437 g/mol. The van der Waals surface area contributed by atoms with Crippen LogP contribution in [0.1, 0.15) is 48.1 Å². The summed E-state index contributed by atoms with van der Waals surface area (Å²) in [6.45, 7) is 4.81. The molecule has 0 unspecified atom stereocenters. The van der Waals surface area contributed by atoms with Gasteiger partial charge < -0.3 is 26.0 Å². The molecule has 0 radical (unpaired) electrons. The molecular weight excluding hydrogens is 406 g/mol. The van der Waals surface area contributed by atoms with Crippen molar-refractivity contribution >= 4 is 23.3 Å². The zero-order chi connectivity index (χ0) is 22.8. The van der Waals surface area contributed by atoms with Gasteiger partial charge in [-0.3, -0.25) is 9.78 Å². The number of nitrogens with two attached hydrogens (primary N) is 1. The Morgan fingerprint density at radius 1 is 1.25 bits per heavy atom. The Labute approximate surface area is 188 Å². The van der Waals surface area contributed by atoms with Gasteiger partial charge in [0, 0.05) is 42.0 Å². The highest BCUT2D eigenvalue weighted by atomic mass is 16.5. The molecule has 0 bridgehead atoms. The number of methoxy groups -OCH3 is 1. The molecule has 0 spiro atoms. The summed E-state index contributed by atoms with van der Waals surface area (Å²) in [4.78, 5) is 31.9. The van der Waals surface area contributed by atoms with Crippen LogP contribution in [0.4, 0.5) is 16.2 Å². The van der Waals surface area contributed by atoms with Crippen molar-refractivity contribution in [1.82, 2.24) is 9.88 Å². The highest BCUT2D eigenvalue weighted by Crippen LogP contribution is 2.35. The molecule has 2 aliphatic rings. The van der Waals surface area contributed by atoms with E-state index < -0.39 is 0 Å². The number of nitrogens with zero attached hydrogens (tertiary/aromatic N) is 2. The van der Waals surface area contributed by atoms with E-state index in [1.54, 1.807) is 7.11 Å². The SMILES string of the molecule is COc1cc(NC(=O)C2CCC(N3Cc4c(C)cnc(CN)c4NC3=O)CC2)ccc1C. The molecule has 8 heteroatoms. The minimum atomic E-state index is -0.112. The van der Waals surface area contributed by atoms with E-state index in [1.165, 1.54) is 0 Å². The Bertz CT molecular complexity index is 1030. The largest absolute Gasteiger partial charge is 0.496 e. The fraction of sp³-hybridized carbons (Fsp3) is 0.458. The zero-order valence-electron chi connectivity index (χ0n) is 18.9. The quantitative estimate of drug-likeness (QED) is 0.661. The first-order valence-corrected chi connectivity index (χ1v) is 11.1. The van der Waals surface area contributed by atoms with Crippen molar-refractivity contribution in [1.29, 1.82) is 0 Å². The Balaban J connectivity index is 1.38. The van der Waals surface area contributed by atoms with Gasteiger partial charge in [0.2, 0.25) is 5.91 Å². The fourth-order valence-electron chi connectivity index (χ4n) is 4.70. The standard InChI is InChI=1S/C24H31N5O3/c1-14-4-7-17(10-21(14)32-3)27-23(30)16-5-8-18(9-6-16)29-13-19-15(2)12-26-20(11-25)22(19)28-24(29)31/h4,7,10,12,16,18H,5-6,8-9,11,13,25H2,1-3H3,(H,27,30)(H,28,31). The van der Waals surface area contributed by atoms with Crippen LogP contribution < -0.4 is 21.1 Å². The normalized spacial score (nSPS) is 20.4. The van der Waals surface area contributed by atoms with E-state index in [9.17, 15) is 9.59 Å². The second kappa shape index (κ2) is 9.16. The molecule has 1 aliphatic carbocycles. The highest BCUT2D eigenvalue weighted by Gasteiger charge is 2.35. The number of nitrogens with one attached hydrogen (secondary N) is 2. The number of aryl methyl sites for hydroxylation is 2. The Kier molecular flexibility index (Phi) is 6.32. The van der Waals surface area contributed by atoms with Gasteiger partial charge in [-0.25, -0.2) is 4.79 Å². The third kappa shape index (κ3) is 4.27. The number of amides is 3. The van der Waals surface area contributed by atoms with E-state index in [2.05, 4.69) is 15.6 Å². The maximum absolute atomic E-state index is 12.8. The fourth-order valence-corrected chi connectivity index (χ4v) is 4.70. The third-order valence-corrected chi connectivity index (χ3v) is 6.68. The van der Waals surface area contributed by atoms with Crippen molar-refractivity contribution in [3.63, 3.8) is 0 Å². The molecule has 1 saturated carbocycles. The van der Waals surface area contributed by atoms with Gasteiger partial charge in [-0.2, -0.15) is 0 Å². The first kappa shape index (κ1) is 22.1. The number of pyridine rings is 1. The number of ether oxygens (including phenoxy) is 1. The average molecular weight is 438 g/mol. The Morgan fingerprint density at radius 2 is 2.00 bits per heavy atom. The Morgan fingerprint density at radius 3 is 2.69 bits per heavy atom. The third-order valence-electron chi connectivity index (χ3n) is 6.68. The molecule has 2 aromatic rings. The zero-order valence-corrected chi connectivity index (χ0v) is 18.9. The number of hydrogen-bond acceptors (Lipinski definition) is 5. The number of aromatic nitrogens is 1. The van der Waals surface area contributed by atoms with Crippen LogP contribution >= 0.6 is 0 Å². The molecule has 8 nitrogen and oxygen atoms in total. The number of carbonyl (C=O) groups excluding carboxylic acids is 2. The maximum Gasteiger partial charge on any atom is 0.322 e. The molecular formula is C24H31N5O3. The summed E-state index contributed by atoms with van der Waals surface area (Å²) in [5.74, 6) is 0.719. The number of rotatable bonds is 5. The molecule has 3 amide bonds. The second-order valence-electron chi connectivity index (χ2n) is 8.68. The van der Waals surface area contributed by atoms with Crippen molar-refractivity contribution in [3.05, 3.63) is 46.8 Å². The summed E-state index contributed by atoms with van der Waals surface area (Å²) >= 11 is 0. The molecule has 32 heavy (non-hydrogen) atoms. The van der Waals surface area contributed by atoms with Crippen LogP contribution in [-0.2, 0) is 17.9 Å². The Hall–Kier alpha value is -3.13. The van der Waals surface area contributed by atoms with Gasteiger partial charge in [-0.15, -0.1) is 0 Å². The molecule has 4 rings (SSSR count). The van der Waals surface area contributed by atoms with E-state index in [4.69, 9.17) is 10.5 Å². The lowest BCUT2D eigenvalue weighted by Crippen LogP contribution is -2.47. The van der Waals surface area contributed by atoms with Crippen molar-refractivity contribution in [2.24, 2.45) is 11.7 Å². The lowest BCUT2D eigenvalue weighted by molar-refractivity contribution is -0.121. The predicted octanol–water partition coefficient (Wildman–Crippen LogP) is 3.71. The second-order valence-corrected chi connectivity index (χ2v) is 8.68. The summed E-state index contributed by atoms with van der Waals surface area (Å²) < 4.78 is 5.35. The molecule has 1 aromatic carbocycles. The smallest absolute Gasteiger partial charge is 0.322 e. The van der Waals surface area contributed by atoms with Gasteiger partial charge in [0.05, 0.1) is 25.0 Å². The van der Waals surface area contributed by atoms with Gasteiger partial charge in [0.1, 0.15) is 5.75 Å². The lowest BCUT2D eigenvalue weighted by atomic mass is 9.84. The number of hydrogen-bond donors (Lipinski definition) is 3. The number of fused-ring (bicyclic) bond motifs is 1. The molecule has 4 N–H and O–H groups in total. The minimum absolute atomic E-state index is 0.0253. The molecule has 1 aromatic heterocycles. The van der Waals surface area contributed by atoms with Crippen LogP contribution in [-0.4, -0.2) is 35.0 Å². The van der Waals surface area contributed by atoms with Crippen molar-refractivity contribution in [3.8, 4) is 5.75 Å². The van der Waals surface area contributed by atoms with Gasteiger partial charge in [0.15, 0.2) is 0 Å². The molecule has 2 heterocycles. The van der Waals surface area contributed by atoms with E-state index >= 15 is 0 Å². The van der Waals surface area contributed by atoms with E-state index in [1.807, 2.05) is 43.1 Å². The van der Waals surface area contributed by atoms with Crippen LogP contribution in [0.25, 0.3) is 0 Å².